The Morgan fingerprint density at radius 3 is 2.34 bits per heavy atom. The van der Waals surface area contributed by atoms with E-state index in [-0.39, 0.29) is 47.9 Å². The van der Waals surface area contributed by atoms with Gasteiger partial charge in [-0.25, -0.2) is 8.42 Å². The molecule has 3 atom stereocenters. The summed E-state index contributed by atoms with van der Waals surface area (Å²) in [7, 11) is -3.48. The molecule has 4 fully saturated rings. The first kappa shape index (κ1) is 25.0. The minimum Gasteiger partial charge on any atom is -0.360 e. The molecule has 0 aromatic carbocycles. The number of fused-ring (bicyclic) bond motifs is 2. The molecule has 0 unspecified atom stereocenters. The van der Waals surface area contributed by atoms with Crippen LogP contribution in [-0.2, 0) is 10.0 Å². The Labute approximate surface area is 203 Å². The van der Waals surface area contributed by atoms with E-state index in [4.69, 9.17) is 4.52 Å². The average molecular weight is 519 g/mol. The van der Waals surface area contributed by atoms with Gasteiger partial charge in [-0.05, 0) is 70.4 Å². The van der Waals surface area contributed by atoms with Gasteiger partial charge in [-0.1, -0.05) is 5.16 Å². The first-order valence-electron chi connectivity index (χ1n) is 12.7. The number of piperidine rings is 2. The topological polar surface area (TPSA) is 95.8 Å². The van der Waals surface area contributed by atoms with Gasteiger partial charge in [0.1, 0.15) is 5.76 Å². The summed E-state index contributed by atoms with van der Waals surface area (Å²) >= 11 is 0. The molecule has 0 spiro atoms. The minimum absolute atomic E-state index is 0.0252. The number of nitrogens with zero attached hydrogens (tertiary/aromatic N) is 3. The molecule has 1 N–H and O–H groups in total. The highest BCUT2D eigenvalue weighted by Crippen LogP contribution is 2.41. The van der Waals surface area contributed by atoms with Crippen molar-refractivity contribution < 1.29 is 30.9 Å². The van der Waals surface area contributed by atoms with Gasteiger partial charge >= 0.3 is 6.18 Å². The number of alkyl halides is 3. The molecule has 5 rings (SSSR count). The zero-order valence-electron chi connectivity index (χ0n) is 19.7. The maximum Gasteiger partial charge on any atom is 0.390 e. The van der Waals surface area contributed by atoms with Crippen molar-refractivity contribution in [3.63, 3.8) is 0 Å². The second kappa shape index (κ2) is 9.66. The average Bonchev–Trinajstić information content (AvgIpc) is 3.44. The van der Waals surface area contributed by atoms with E-state index in [9.17, 15) is 26.4 Å². The minimum atomic E-state index is -4.17. The van der Waals surface area contributed by atoms with Crippen LogP contribution < -0.4 is 5.32 Å². The Morgan fingerprint density at radius 2 is 1.74 bits per heavy atom. The first-order valence-corrected chi connectivity index (χ1v) is 14.3. The van der Waals surface area contributed by atoms with Crippen LogP contribution in [0.5, 0.6) is 0 Å². The molecule has 3 aliphatic heterocycles. The Morgan fingerprint density at radius 1 is 1.09 bits per heavy atom. The van der Waals surface area contributed by atoms with Crippen molar-refractivity contribution in [2.75, 3.05) is 25.4 Å². The summed E-state index contributed by atoms with van der Waals surface area (Å²) in [6, 6.07) is 1.34. The lowest BCUT2D eigenvalue weighted by atomic mass is 9.99. The number of aromatic nitrogens is 1. The molecule has 0 radical (unpaired) electrons. The van der Waals surface area contributed by atoms with Crippen LogP contribution in [-0.4, -0.2) is 78.4 Å². The molecule has 1 saturated carbocycles. The van der Waals surface area contributed by atoms with Gasteiger partial charge in [0.05, 0.1) is 12.2 Å². The third kappa shape index (κ3) is 6.02. The molecule has 1 amide bonds. The van der Waals surface area contributed by atoms with Crippen LogP contribution in [0.15, 0.2) is 10.6 Å². The van der Waals surface area contributed by atoms with Crippen LogP contribution in [0.3, 0.4) is 0 Å². The predicted molar refractivity (Wildman–Crippen MR) is 121 cm³/mol. The number of rotatable bonds is 8. The Kier molecular flexibility index (Phi) is 6.90. The maximum atomic E-state index is 13.3. The van der Waals surface area contributed by atoms with Gasteiger partial charge in [-0.2, -0.15) is 17.5 Å². The number of carbonyl (C=O) groups is 1. The number of carbonyl (C=O) groups excluding carboxylic acids is 1. The molecule has 1 aliphatic carbocycles. The summed E-state index contributed by atoms with van der Waals surface area (Å²) in [4.78, 5) is 14.4. The van der Waals surface area contributed by atoms with Crippen LogP contribution in [0.1, 0.15) is 80.0 Å². The third-order valence-corrected chi connectivity index (χ3v) is 10.1. The Hall–Kier alpha value is -1.66. The maximum absolute atomic E-state index is 13.3. The predicted octanol–water partition coefficient (Wildman–Crippen LogP) is 3.27. The molecule has 4 aliphatic rings. The fourth-order valence-electron chi connectivity index (χ4n) is 5.97. The monoisotopic (exact) mass is 518 g/mol. The van der Waals surface area contributed by atoms with Gasteiger partial charge < -0.3 is 14.7 Å². The number of hydrogen-bond donors (Lipinski definition) is 1. The second-order valence-electron chi connectivity index (χ2n) is 10.7. The molecular formula is C23H33F3N4O4S. The fraction of sp³-hybridized carbons (Fsp3) is 0.826. The summed E-state index contributed by atoms with van der Waals surface area (Å²) < 4.78 is 71.0. The normalized spacial score (nSPS) is 28.9. The number of nitrogens with one attached hydrogen (secondary N) is 1. The molecule has 12 heteroatoms. The number of likely N-dealkylation sites (tertiary alicyclic amines) is 1. The van der Waals surface area contributed by atoms with Gasteiger partial charge in [0, 0.05) is 36.7 Å². The van der Waals surface area contributed by atoms with Crippen molar-refractivity contribution in [2.45, 2.75) is 88.0 Å². The zero-order valence-corrected chi connectivity index (χ0v) is 20.5. The van der Waals surface area contributed by atoms with Crippen LogP contribution in [0.2, 0.25) is 0 Å². The van der Waals surface area contributed by atoms with Crippen LogP contribution in [0.4, 0.5) is 13.2 Å². The number of sulfonamides is 1. The largest absolute Gasteiger partial charge is 0.390 e. The Balaban J connectivity index is 1.12. The number of halogens is 3. The van der Waals surface area contributed by atoms with Crippen molar-refractivity contribution >= 4 is 15.9 Å². The van der Waals surface area contributed by atoms with E-state index < -0.39 is 22.6 Å². The van der Waals surface area contributed by atoms with Crippen molar-refractivity contribution in [3.05, 3.63) is 17.5 Å². The fourth-order valence-corrected chi connectivity index (χ4v) is 8.36. The highest BCUT2D eigenvalue weighted by Gasteiger charge is 2.47. The summed E-state index contributed by atoms with van der Waals surface area (Å²) in [5.41, 5.74) is 0.274. The van der Waals surface area contributed by atoms with Crippen LogP contribution in [0.25, 0.3) is 0 Å². The van der Waals surface area contributed by atoms with E-state index in [0.29, 0.717) is 44.7 Å². The van der Waals surface area contributed by atoms with Crippen molar-refractivity contribution in [1.29, 1.82) is 0 Å². The van der Waals surface area contributed by atoms with Crippen molar-refractivity contribution in [1.82, 2.24) is 19.7 Å². The van der Waals surface area contributed by atoms with Crippen LogP contribution in [0, 0.1) is 5.92 Å². The van der Waals surface area contributed by atoms with E-state index in [0.717, 1.165) is 31.4 Å². The molecular weight excluding hydrogens is 485 g/mol. The first-order chi connectivity index (χ1) is 16.6. The molecule has 4 heterocycles. The number of amides is 1. The lowest BCUT2D eigenvalue weighted by Crippen LogP contribution is -2.53. The summed E-state index contributed by atoms with van der Waals surface area (Å²) in [5.74, 6) is 0.862. The molecule has 196 valence electrons. The Bertz CT molecular complexity index is 1000. The summed E-state index contributed by atoms with van der Waals surface area (Å²) in [5, 5.41) is 6.91. The smallest absolute Gasteiger partial charge is 0.360 e. The van der Waals surface area contributed by atoms with Gasteiger partial charge in [0.2, 0.25) is 10.0 Å². The lowest BCUT2D eigenvalue weighted by molar-refractivity contribution is -0.138. The molecule has 8 nitrogen and oxygen atoms in total. The van der Waals surface area contributed by atoms with E-state index in [2.05, 4.69) is 10.5 Å². The second-order valence-corrected chi connectivity index (χ2v) is 12.6. The summed E-state index contributed by atoms with van der Waals surface area (Å²) in [6.07, 6.45) is 1.02. The molecule has 2 bridgehead atoms. The van der Waals surface area contributed by atoms with Gasteiger partial charge in [-0.3, -0.25) is 4.79 Å². The molecule has 1 aromatic rings. The highest BCUT2D eigenvalue weighted by molar-refractivity contribution is 7.89. The standard InChI is InChI=1S/C23H33F3N4O4S/c24-23(25,26)7-10-29-8-5-15(6-9-29)14-35(32,33)30-18-3-4-19(30)12-17(11-18)27-22(31)20-13-21(34-28-20)16-1-2-16/h13,15-19H,1-12,14H2,(H,27,31)/t17-,18+,19-. The van der Waals surface area contributed by atoms with Crippen LogP contribution >= 0.6 is 0 Å². The van der Waals surface area contributed by atoms with Gasteiger partial charge in [0.15, 0.2) is 5.69 Å². The lowest BCUT2D eigenvalue weighted by Gasteiger charge is -2.39. The van der Waals surface area contributed by atoms with E-state index >= 15 is 0 Å². The van der Waals surface area contributed by atoms with E-state index in [1.54, 1.807) is 15.3 Å². The quantitative estimate of drug-likeness (QED) is 0.568. The van der Waals surface area contributed by atoms with Crippen molar-refractivity contribution in [3.8, 4) is 0 Å². The third-order valence-electron chi connectivity index (χ3n) is 7.93. The highest BCUT2D eigenvalue weighted by atomic mass is 32.2. The number of hydrogen-bond acceptors (Lipinski definition) is 6. The van der Waals surface area contributed by atoms with E-state index in [1.807, 2.05) is 0 Å². The SMILES string of the molecule is O=C(N[C@H]1C[C@H]2CC[C@@H](C1)N2S(=O)(=O)CC1CCN(CCC(F)(F)F)CC1)c1cc(C2CC2)on1. The van der Waals surface area contributed by atoms with Gasteiger partial charge in [0.25, 0.3) is 5.91 Å². The van der Waals surface area contributed by atoms with Crippen molar-refractivity contribution in [2.24, 2.45) is 5.92 Å². The molecule has 35 heavy (non-hydrogen) atoms. The zero-order chi connectivity index (χ0) is 24.8. The summed E-state index contributed by atoms with van der Waals surface area (Å²) in [6.45, 7) is 0.978. The molecule has 1 aromatic heterocycles. The molecule has 3 saturated heterocycles. The van der Waals surface area contributed by atoms with E-state index in [1.165, 1.54) is 0 Å². The van der Waals surface area contributed by atoms with Gasteiger partial charge in [-0.15, -0.1) is 0 Å².